The average Bonchev–Trinajstić information content (AvgIpc) is 2.23. The SMILES string of the molecule is C=CC(C)c1cc(Br)c(C)c(OC)c1O. The number of aromatic hydroxyl groups is 1. The van der Waals surface area contributed by atoms with E-state index < -0.39 is 0 Å². The van der Waals surface area contributed by atoms with Crippen molar-refractivity contribution in [3.8, 4) is 11.5 Å². The van der Waals surface area contributed by atoms with Crippen LogP contribution >= 0.6 is 15.9 Å². The molecule has 0 heterocycles. The lowest BCUT2D eigenvalue weighted by atomic mass is 9.98. The third-order valence-corrected chi connectivity index (χ3v) is 3.34. The maximum atomic E-state index is 10.0. The molecule has 1 rings (SSSR count). The molecule has 0 spiro atoms. The van der Waals surface area contributed by atoms with Gasteiger partial charge >= 0.3 is 0 Å². The summed E-state index contributed by atoms with van der Waals surface area (Å²) in [6.45, 7) is 7.59. The van der Waals surface area contributed by atoms with Crippen molar-refractivity contribution in [3.63, 3.8) is 0 Å². The monoisotopic (exact) mass is 270 g/mol. The molecule has 1 unspecified atom stereocenters. The summed E-state index contributed by atoms with van der Waals surface area (Å²) in [7, 11) is 1.55. The van der Waals surface area contributed by atoms with E-state index in [0.29, 0.717) is 5.75 Å². The quantitative estimate of drug-likeness (QED) is 0.848. The topological polar surface area (TPSA) is 29.5 Å². The first kappa shape index (κ1) is 12.1. The molecule has 82 valence electrons. The second kappa shape index (κ2) is 4.71. The first-order valence-electron chi connectivity index (χ1n) is 4.71. The molecule has 15 heavy (non-hydrogen) atoms. The Labute approximate surface area is 98.7 Å². The summed E-state index contributed by atoms with van der Waals surface area (Å²) in [5.74, 6) is 0.814. The van der Waals surface area contributed by atoms with E-state index in [1.54, 1.807) is 13.2 Å². The minimum absolute atomic E-state index is 0.0933. The fourth-order valence-corrected chi connectivity index (χ4v) is 1.88. The molecule has 1 aromatic carbocycles. The number of halogens is 1. The lowest BCUT2D eigenvalue weighted by Crippen LogP contribution is -1.96. The van der Waals surface area contributed by atoms with Crippen LogP contribution in [0.2, 0.25) is 0 Å². The molecular formula is C12H15BrO2. The minimum Gasteiger partial charge on any atom is -0.504 e. The Bertz CT molecular complexity index is 386. The summed E-state index contributed by atoms with van der Waals surface area (Å²) in [4.78, 5) is 0. The number of hydrogen-bond donors (Lipinski definition) is 1. The average molecular weight is 271 g/mol. The van der Waals surface area contributed by atoms with Crippen molar-refractivity contribution < 1.29 is 9.84 Å². The van der Waals surface area contributed by atoms with E-state index in [9.17, 15) is 5.11 Å². The lowest BCUT2D eigenvalue weighted by Gasteiger charge is -2.15. The molecule has 1 N–H and O–H groups in total. The van der Waals surface area contributed by atoms with Gasteiger partial charge in [-0.05, 0) is 13.0 Å². The number of methoxy groups -OCH3 is 1. The van der Waals surface area contributed by atoms with Gasteiger partial charge in [0.05, 0.1) is 7.11 Å². The minimum atomic E-state index is 0.0933. The lowest BCUT2D eigenvalue weighted by molar-refractivity contribution is 0.367. The molecule has 0 aromatic heterocycles. The van der Waals surface area contributed by atoms with E-state index in [0.717, 1.165) is 15.6 Å². The molecule has 2 nitrogen and oxygen atoms in total. The van der Waals surface area contributed by atoms with Crippen molar-refractivity contribution in [3.05, 3.63) is 34.3 Å². The Hall–Kier alpha value is -0.960. The molecule has 0 fully saturated rings. The van der Waals surface area contributed by atoms with E-state index in [2.05, 4.69) is 22.5 Å². The Morgan fingerprint density at radius 3 is 2.67 bits per heavy atom. The van der Waals surface area contributed by atoms with Gasteiger partial charge in [-0.3, -0.25) is 0 Å². The smallest absolute Gasteiger partial charge is 0.164 e. The normalized spacial score (nSPS) is 12.3. The summed E-state index contributed by atoms with van der Waals surface area (Å²) in [6.07, 6.45) is 1.79. The molecule has 1 aromatic rings. The van der Waals surface area contributed by atoms with Crippen LogP contribution in [0.1, 0.15) is 24.0 Å². The number of rotatable bonds is 3. The number of allylic oxidation sites excluding steroid dienone is 1. The van der Waals surface area contributed by atoms with Gasteiger partial charge in [0, 0.05) is 21.5 Å². The van der Waals surface area contributed by atoms with Gasteiger partial charge in [-0.15, -0.1) is 6.58 Å². The van der Waals surface area contributed by atoms with Crippen molar-refractivity contribution in [2.75, 3.05) is 7.11 Å². The summed E-state index contributed by atoms with van der Waals surface area (Å²) in [5, 5.41) is 10.0. The van der Waals surface area contributed by atoms with Crippen LogP contribution in [0.4, 0.5) is 0 Å². The fourth-order valence-electron chi connectivity index (χ4n) is 1.45. The van der Waals surface area contributed by atoms with Gasteiger partial charge in [-0.1, -0.05) is 28.9 Å². The van der Waals surface area contributed by atoms with Gasteiger partial charge in [0.25, 0.3) is 0 Å². The summed E-state index contributed by atoms with van der Waals surface area (Å²) in [5.41, 5.74) is 1.72. The van der Waals surface area contributed by atoms with Crippen molar-refractivity contribution in [2.45, 2.75) is 19.8 Å². The highest BCUT2D eigenvalue weighted by atomic mass is 79.9. The van der Waals surface area contributed by atoms with Crippen LogP contribution in [-0.4, -0.2) is 12.2 Å². The summed E-state index contributed by atoms with van der Waals surface area (Å²) < 4.78 is 6.11. The van der Waals surface area contributed by atoms with E-state index in [4.69, 9.17) is 4.74 Å². The zero-order chi connectivity index (χ0) is 11.6. The number of phenolic OH excluding ortho intramolecular Hbond substituents is 1. The molecule has 0 radical (unpaired) electrons. The molecule has 0 aliphatic rings. The predicted octanol–water partition coefficient (Wildman–Crippen LogP) is 3.76. The van der Waals surface area contributed by atoms with Crippen molar-refractivity contribution in [2.24, 2.45) is 0 Å². The van der Waals surface area contributed by atoms with E-state index >= 15 is 0 Å². The highest BCUT2D eigenvalue weighted by Gasteiger charge is 2.16. The van der Waals surface area contributed by atoms with Gasteiger partial charge < -0.3 is 9.84 Å². The zero-order valence-electron chi connectivity index (χ0n) is 9.17. The molecule has 3 heteroatoms. The molecule has 0 saturated carbocycles. The Morgan fingerprint density at radius 1 is 1.60 bits per heavy atom. The highest BCUT2D eigenvalue weighted by Crippen LogP contribution is 2.41. The third kappa shape index (κ3) is 2.17. The van der Waals surface area contributed by atoms with Crippen molar-refractivity contribution in [1.82, 2.24) is 0 Å². The van der Waals surface area contributed by atoms with E-state index in [1.807, 2.05) is 19.9 Å². The molecule has 1 atom stereocenters. The van der Waals surface area contributed by atoms with Crippen molar-refractivity contribution in [1.29, 1.82) is 0 Å². The third-order valence-electron chi connectivity index (χ3n) is 2.52. The second-order valence-corrected chi connectivity index (χ2v) is 4.33. The largest absolute Gasteiger partial charge is 0.504 e. The van der Waals surface area contributed by atoms with Crippen LogP contribution in [0, 0.1) is 6.92 Å². The molecule has 0 amide bonds. The molecular weight excluding hydrogens is 256 g/mol. The van der Waals surface area contributed by atoms with Gasteiger partial charge in [0.1, 0.15) is 0 Å². The summed E-state index contributed by atoms with van der Waals surface area (Å²) in [6, 6.07) is 1.90. The van der Waals surface area contributed by atoms with Crippen molar-refractivity contribution >= 4 is 15.9 Å². The number of benzene rings is 1. The number of hydrogen-bond acceptors (Lipinski definition) is 2. The number of ether oxygens (including phenoxy) is 1. The highest BCUT2D eigenvalue weighted by molar-refractivity contribution is 9.10. The van der Waals surface area contributed by atoms with Crippen LogP contribution in [0.15, 0.2) is 23.2 Å². The van der Waals surface area contributed by atoms with Gasteiger partial charge in [-0.2, -0.15) is 0 Å². The second-order valence-electron chi connectivity index (χ2n) is 3.48. The standard InChI is InChI=1S/C12H15BrO2/c1-5-7(2)9-6-10(13)8(3)12(15-4)11(9)14/h5-7,14H,1H2,2-4H3. The van der Waals surface area contributed by atoms with Crippen LogP contribution < -0.4 is 4.74 Å². The van der Waals surface area contributed by atoms with E-state index in [1.165, 1.54) is 0 Å². The van der Waals surface area contributed by atoms with Gasteiger partial charge in [0.15, 0.2) is 11.5 Å². The van der Waals surface area contributed by atoms with Gasteiger partial charge in [0.2, 0.25) is 0 Å². The predicted molar refractivity (Wildman–Crippen MR) is 65.7 cm³/mol. The van der Waals surface area contributed by atoms with Crippen LogP contribution in [0.3, 0.4) is 0 Å². The first-order valence-corrected chi connectivity index (χ1v) is 5.50. The zero-order valence-corrected chi connectivity index (χ0v) is 10.8. The Morgan fingerprint density at radius 2 is 2.20 bits per heavy atom. The molecule has 0 aliphatic carbocycles. The summed E-state index contributed by atoms with van der Waals surface area (Å²) >= 11 is 3.44. The maximum absolute atomic E-state index is 10.0. The molecule has 0 aliphatic heterocycles. The van der Waals surface area contributed by atoms with E-state index in [-0.39, 0.29) is 11.7 Å². The van der Waals surface area contributed by atoms with Crippen LogP contribution in [0.5, 0.6) is 11.5 Å². The Balaban J connectivity index is 3.42. The Kier molecular flexibility index (Phi) is 3.80. The number of phenols is 1. The molecule has 0 saturated heterocycles. The molecule has 0 bridgehead atoms. The maximum Gasteiger partial charge on any atom is 0.164 e. The van der Waals surface area contributed by atoms with Gasteiger partial charge in [-0.25, -0.2) is 0 Å². The fraction of sp³-hybridized carbons (Fsp3) is 0.333. The van der Waals surface area contributed by atoms with Crippen LogP contribution in [0.25, 0.3) is 0 Å². The first-order chi connectivity index (χ1) is 7.02. The van der Waals surface area contributed by atoms with Crippen LogP contribution in [-0.2, 0) is 0 Å².